The first-order chi connectivity index (χ1) is 8.77. The van der Waals surface area contributed by atoms with Gasteiger partial charge in [0.15, 0.2) is 0 Å². The first-order valence-corrected chi connectivity index (χ1v) is 6.72. The summed E-state index contributed by atoms with van der Waals surface area (Å²) in [4.78, 5) is 10.8. The molecule has 5 heteroatoms. The minimum atomic E-state index is -0.461. The number of hydrogen-bond donors (Lipinski definition) is 0. The van der Waals surface area contributed by atoms with Crippen LogP contribution in [-0.2, 0) is 20.5 Å². The van der Waals surface area contributed by atoms with Crippen molar-refractivity contribution in [2.24, 2.45) is 0 Å². The van der Waals surface area contributed by atoms with E-state index in [1.165, 1.54) is 0 Å². The lowest BCUT2D eigenvalue weighted by Crippen LogP contribution is -2.41. The zero-order valence-electron chi connectivity index (χ0n) is 11.7. The van der Waals surface area contributed by atoms with Crippen LogP contribution in [0.1, 0.15) is 33.3 Å². The highest BCUT2D eigenvalue weighted by Crippen LogP contribution is 2.36. The molecule has 0 spiro atoms. The highest BCUT2D eigenvalue weighted by atomic mass is 35.5. The maximum atomic E-state index is 10.8. The van der Waals surface area contributed by atoms with E-state index in [9.17, 15) is 4.79 Å². The molecule has 0 unspecified atom stereocenters. The fraction of sp³-hybridized carbons (Fsp3) is 0.500. The average Bonchev–Trinajstić information content (AvgIpc) is 2.48. The lowest BCUT2D eigenvalue weighted by molar-refractivity contribution is -0.107. The smallest absolute Gasteiger partial charge is 0.399 e. The fourth-order valence-electron chi connectivity index (χ4n) is 2.04. The van der Waals surface area contributed by atoms with Crippen molar-refractivity contribution in [3.8, 4) is 0 Å². The van der Waals surface area contributed by atoms with E-state index in [2.05, 4.69) is 0 Å². The third-order valence-electron chi connectivity index (χ3n) is 3.92. The molecule has 0 aromatic heterocycles. The molecule has 1 saturated heterocycles. The zero-order chi connectivity index (χ0) is 14.3. The first kappa shape index (κ1) is 14.6. The largest absolute Gasteiger partial charge is 0.495 e. The Bertz CT molecular complexity index is 483. The molecule has 1 aliphatic rings. The minimum absolute atomic E-state index is 0.306. The molecule has 0 amide bonds. The molecule has 0 N–H and O–H groups in total. The van der Waals surface area contributed by atoms with Gasteiger partial charge < -0.3 is 14.1 Å². The Balaban J connectivity index is 2.36. The van der Waals surface area contributed by atoms with E-state index in [4.69, 9.17) is 20.9 Å². The number of carbonyl (C=O) groups excluding carboxylic acids is 1. The topological polar surface area (TPSA) is 35.5 Å². The highest BCUT2D eigenvalue weighted by molar-refractivity contribution is 6.62. The van der Waals surface area contributed by atoms with Gasteiger partial charge in [0, 0.05) is 11.4 Å². The van der Waals surface area contributed by atoms with Crippen molar-refractivity contribution < 1.29 is 14.1 Å². The summed E-state index contributed by atoms with van der Waals surface area (Å²) >= 11 is 5.97. The van der Waals surface area contributed by atoms with E-state index in [1.54, 1.807) is 12.1 Å². The Labute approximate surface area is 119 Å². The van der Waals surface area contributed by atoms with Gasteiger partial charge in [-0.1, -0.05) is 17.7 Å². The van der Waals surface area contributed by atoms with Crippen molar-refractivity contribution >= 4 is 30.5 Å². The van der Waals surface area contributed by atoms with Gasteiger partial charge in [0.1, 0.15) is 6.29 Å². The summed E-state index contributed by atoms with van der Waals surface area (Å²) in [7, 11) is -0.461. The fourth-order valence-corrected chi connectivity index (χ4v) is 2.24. The molecular formula is C14H18BClO3. The molecule has 0 radical (unpaired) electrons. The van der Waals surface area contributed by atoms with Crippen LogP contribution < -0.4 is 5.46 Å². The molecule has 0 aliphatic carbocycles. The highest BCUT2D eigenvalue weighted by Gasteiger charge is 2.52. The van der Waals surface area contributed by atoms with Crippen molar-refractivity contribution in [2.45, 2.75) is 45.3 Å². The standard InChI is InChI=1S/C14H18BClO3/c1-13(2)14(3,4)19-15(18-13)12-6-5-11(16)9-10(12)7-8-17/h5-6,8-9H,7H2,1-4H3. The van der Waals surface area contributed by atoms with E-state index >= 15 is 0 Å². The predicted octanol–water partition coefficient (Wildman–Crippen LogP) is 2.38. The van der Waals surface area contributed by atoms with Crippen LogP contribution in [0.3, 0.4) is 0 Å². The molecular weight excluding hydrogens is 262 g/mol. The Kier molecular flexibility index (Phi) is 3.78. The molecule has 1 heterocycles. The second-order valence-electron chi connectivity index (χ2n) is 5.80. The number of hydrogen-bond acceptors (Lipinski definition) is 3. The molecule has 0 atom stereocenters. The lowest BCUT2D eigenvalue weighted by atomic mass is 9.75. The quantitative estimate of drug-likeness (QED) is 0.630. The molecule has 0 saturated carbocycles. The molecule has 3 nitrogen and oxygen atoms in total. The maximum absolute atomic E-state index is 10.8. The Morgan fingerprint density at radius 3 is 2.32 bits per heavy atom. The van der Waals surface area contributed by atoms with Crippen molar-refractivity contribution in [3.05, 3.63) is 28.8 Å². The van der Waals surface area contributed by atoms with Gasteiger partial charge in [-0.2, -0.15) is 0 Å². The van der Waals surface area contributed by atoms with Crippen LogP contribution >= 0.6 is 11.6 Å². The monoisotopic (exact) mass is 280 g/mol. The summed E-state index contributed by atoms with van der Waals surface area (Å²) in [6.45, 7) is 8.01. The molecule has 102 valence electrons. The van der Waals surface area contributed by atoms with Gasteiger partial charge in [0.05, 0.1) is 11.2 Å². The van der Waals surface area contributed by atoms with Crippen LogP contribution in [0.4, 0.5) is 0 Å². The third kappa shape index (κ3) is 2.71. The Morgan fingerprint density at radius 1 is 1.21 bits per heavy atom. The van der Waals surface area contributed by atoms with Crippen LogP contribution in [0, 0.1) is 0 Å². The van der Waals surface area contributed by atoms with Crippen molar-refractivity contribution in [3.63, 3.8) is 0 Å². The van der Waals surface area contributed by atoms with Crippen LogP contribution in [0.15, 0.2) is 18.2 Å². The van der Waals surface area contributed by atoms with E-state index in [1.807, 2.05) is 33.8 Å². The van der Waals surface area contributed by atoms with E-state index in [0.717, 1.165) is 17.3 Å². The lowest BCUT2D eigenvalue weighted by Gasteiger charge is -2.32. The zero-order valence-corrected chi connectivity index (χ0v) is 12.5. The molecule has 1 aromatic carbocycles. The summed E-state index contributed by atoms with van der Waals surface area (Å²) < 4.78 is 12.0. The molecule has 1 aromatic rings. The van der Waals surface area contributed by atoms with E-state index < -0.39 is 18.3 Å². The average molecular weight is 281 g/mol. The number of aldehydes is 1. The predicted molar refractivity (Wildman–Crippen MR) is 76.9 cm³/mol. The second kappa shape index (κ2) is 4.93. The van der Waals surface area contributed by atoms with E-state index in [-0.39, 0.29) is 0 Å². The van der Waals surface area contributed by atoms with E-state index in [0.29, 0.717) is 11.4 Å². The van der Waals surface area contributed by atoms with Gasteiger partial charge in [0.25, 0.3) is 0 Å². The van der Waals surface area contributed by atoms with Gasteiger partial charge in [-0.3, -0.25) is 0 Å². The van der Waals surface area contributed by atoms with Gasteiger partial charge in [-0.15, -0.1) is 0 Å². The summed E-state index contributed by atoms with van der Waals surface area (Å²) in [6.07, 6.45) is 1.17. The molecule has 1 aliphatic heterocycles. The van der Waals surface area contributed by atoms with Crippen LogP contribution in [0.2, 0.25) is 5.02 Å². The second-order valence-corrected chi connectivity index (χ2v) is 6.24. The molecule has 0 bridgehead atoms. The molecule has 1 fully saturated rings. The molecule has 19 heavy (non-hydrogen) atoms. The van der Waals surface area contributed by atoms with Crippen LogP contribution in [0.5, 0.6) is 0 Å². The van der Waals surface area contributed by atoms with Crippen LogP contribution in [0.25, 0.3) is 0 Å². The Morgan fingerprint density at radius 2 is 1.79 bits per heavy atom. The van der Waals surface area contributed by atoms with Gasteiger partial charge >= 0.3 is 7.12 Å². The maximum Gasteiger partial charge on any atom is 0.495 e. The van der Waals surface area contributed by atoms with Gasteiger partial charge in [0.2, 0.25) is 0 Å². The van der Waals surface area contributed by atoms with Crippen molar-refractivity contribution in [2.75, 3.05) is 0 Å². The summed E-state index contributed by atoms with van der Waals surface area (Å²) in [5, 5.41) is 0.608. The molecule has 2 rings (SSSR count). The SMILES string of the molecule is CC1(C)OB(c2ccc(Cl)cc2CC=O)OC1(C)C. The Hall–Kier alpha value is -0.835. The van der Waals surface area contributed by atoms with Gasteiger partial charge in [-0.25, -0.2) is 0 Å². The number of carbonyl (C=O) groups is 1. The summed E-state index contributed by atoms with van der Waals surface area (Å²) in [6, 6.07) is 5.44. The number of benzene rings is 1. The van der Waals surface area contributed by atoms with Crippen molar-refractivity contribution in [1.29, 1.82) is 0 Å². The third-order valence-corrected chi connectivity index (χ3v) is 4.15. The first-order valence-electron chi connectivity index (χ1n) is 6.34. The number of halogens is 1. The normalized spacial score (nSPS) is 20.6. The van der Waals surface area contributed by atoms with Gasteiger partial charge in [-0.05, 0) is 50.9 Å². The number of rotatable bonds is 3. The minimum Gasteiger partial charge on any atom is -0.399 e. The summed E-state index contributed by atoms with van der Waals surface area (Å²) in [5.74, 6) is 0. The summed E-state index contributed by atoms with van der Waals surface area (Å²) in [5.41, 5.74) is 0.932. The van der Waals surface area contributed by atoms with Crippen LogP contribution in [-0.4, -0.2) is 24.6 Å². The van der Waals surface area contributed by atoms with Crippen molar-refractivity contribution in [1.82, 2.24) is 0 Å².